The lowest BCUT2D eigenvalue weighted by atomic mass is 10.1. The first-order valence-electron chi connectivity index (χ1n) is 7.85. The predicted octanol–water partition coefficient (Wildman–Crippen LogP) is -0.483. The van der Waals surface area contributed by atoms with E-state index in [4.69, 9.17) is 4.74 Å². The fraction of sp³-hybridized carbons (Fsp3) is 0.643. The predicted molar refractivity (Wildman–Crippen MR) is 83.7 cm³/mol. The van der Waals surface area contributed by atoms with Crippen LogP contribution in [0.2, 0.25) is 0 Å². The lowest BCUT2D eigenvalue weighted by molar-refractivity contribution is 0.0730. The third-order valence-electron chi connectivity index (χ3n) is 4.14. The molecule has 1 aromatic rings. The van der Waals surface area contributed by atoms with Gasteiger partial charge < -0.3 is 20.4 Å². The number of hydrogen-bond donors (Lipinski definition) is 3. The first kappa shape index (κ1) is 16.4. The van der Waals surface area contributed by atoms with E-state index in [1.54, 1.807) is 0 Å². The van der Waals surface area contributed by atoms with E-state index in [0.717, 1.165) is 25.9 Å². The monoisotopic (exact) mass is 342 g/mol. The third-order valence-corrected chi connectivity index (χ3v) is 6.02. The molecular formula is C14H22N4O4S. The molecule has 2 fully saturated rings. The molecule has 23 heavy (non-hydrogen) atoms. The van der Waals surface area contributed by atoms with Crippen molar-refractivity contribution in [3.63, 3.8) is 0 Å². The van der Waals surface area contributed by atoms with Crippen LogP contribution in [0, 0.1) is 0 Å². The highest BCUT2D eigenvalue weighted by Crippen LogP contribution is 2.18. The zero-order valence-electron chi connectivity index (χ0n) is 12.9. The summed E-state index contributed by atoms with van der Waals surface area (Å²) in [7, 11) is -3.58. The van der Waals surface area contributed by atoms with Gasteiger partial charge in [0.1, 0.15) is 10.6 Å². The highest BCUT2D eigenvalue weighted by molar-refractivity contribution is 7.89. The third kappa shape index (κ3) is 3.74. The van der Waals surface area contributed by atoms with E-state index < -0.39 is 10.0 Å². The van der Waals surface area contributed by atoms with Gasteiger partial charge in [0.15, 0.2) is 0 Å². The van der Waals surface area contributed by atoms with Crippen LogP contribution in [0.4, 0.5) is 0 Å². The van der Waals surface area contributed by atoms with Crippen LogP contribution in [-0.2, 0) is 14.8 Å². The molecule has 0 aliphatic carbocycles. The quantitative estimate of drug-likeness (QED) is 0.686. The normalized spacial score (nSPS) is 23.6. The van der Waals surface area contributed by atoms with Crippen LogP contribution in [0.25, 0.3) is 0 Å². The molecule has 0 spiro atoms. The number of H-pyrrole nitrogens is 1. The molecule has 0 saturated carbocycles. The van der Waals surface area contributed by atoms with E-state index in [1.165, 1.54) is 16.6 Å². The minimum atomic E-state index is -3.58. The summed E-state index contributed by atoms with van der Waals surface area (Å²) in [5.41, 5.74) is 0.266. The van der Waals surface area contributed by atoms with Crippen molar-refractivity contribution in [2.45, 2.75) is 23.8 Å². The van der Waals surface area contributed by atoms with Crippen molar-refractivity contribution in [2.75, 3.05) is 39.4 Å². The fourth-order valence-electron chi connectivity index (χ4n) is 2.83. The van der Waals surface area contributed by atoms with Crippen LogP contribution in [-0.4, -0.2) is 69.0 Å². The van der Waals surface area contributed by atoms with Crippen molar-refractivity contribution in [2.24, 2.45) is 0 Å². The van der Waals surface area contributed by atoms with Crippen LogP contribution < -0.4 is 10.6 Å². The van der Waals surface area contributed by atoms with Gasteiger partial charge in [-0.15, -0.1) is 0 Å². The molecule has 9 heteroatoms. The molecule has 1 amide bonds. The summed E-state index contributed by atoms with van der Waals surface area (Å²) < 4.78 is 31.6. The van der Waals surface area contributed by atoms with Gasteiger partial charge in [0.05, 0.1) is 13.2 Å². The van der Waals surface area contributed by atoms with Gasteiger partial charge in [-0.1, -0.05) is 0 Å². The first-order valence-corrected chi connectivity index (χ1v) is 9.29. The van der Waals surface area contributed by atoms with Gasteiger partial charge in [-0.2, -0.15) is 4.31 Å². The summed E-state index contributed by atoms with van der Waals surface area (Å²) in [5.74, 6) is -0.276. The number of nitrogens with one attached hydrogen (secondary N) is 3. The molecule has 1 atom stereocenters. The molecule has 0 unspecified atom stereocenters. The molecule has 1 aromatic heterocycles. The van der Waals surface area contributed by atoms with Gasteiger partial charge in [0, 0.05) is 31.9 Å². The topological polar surface area (TPSA) is 104 Å². The number of amides is 1. The van der Waals surface area contributed by atoms with Crippen molar-refractivity contribution >= 4 is 15.9 Å². The van der Waals surface area contributed by atoms with E-state index in [0.29, 0.717) is 26.3 Å². The zero-order valence-corrected chi connectivity index (χ0v) is 13.7. The summed E-state index contributed by atoms with van der Waals surface area (Å²) in [6.45, 7) is 3.17. The van der Waals surface area contributed by atoms with Crippen molar-refractivity contribution in [3.8, 4) is 0 Å². The second kappa shape index (κ2) is 7.00. The number of piperidine rings is 1. The van der Waals surface area contributed by atoms with E-state index >= 15 is 0 Å². The maximum Gasteiger partial charge on any atom is 0.267 e. The summed E-state index contributed by atoms with van der Waals surface area (Å²) in [6.07, 6.45) is 3.32. The van der Waals surface area contributed by atoms with Gasteiger partial charge in [0.2, 0.25) is 10.0 Å². The minimum Gasteiger partial charge on any atom is -0.379 e. The highest BCUT2D eigenvalue weighted by Gasteiger charge is 2.28. The lowest BCUT2D eigenvalue weighted by Crippen LogP contribution is -2.45. The number of carbonyl (C=O) groups excluding carboxylic acids is 1. The number of aromatic nitrogens is 1. The van der Waals surface area contributed by atoms with Crippen LogP contribution >= 0.6 is 0 Å². The van der Waals surface area contributed by atoms with Crippen molar-refractivity contribution < 1.29 is 17.9 Å². The van der Waals surface area contributed by atoms with Crippen LogP contribution in [0.15, 0.2) is 17.2 Å². The van der Waals surface area contributed by atoms with Gasteiger partial charge in [-0.05, 0) is 25.5 Å². The molecule has 3 rings (SSSR count). The number of aromatic amines is 1. The molecule has 0 aromatic carbocycles. The standard InChI is InChI=1S/C14H22N4O4S/c19-14(17-11-2-1-3-15-9-11)13-8-12(10-16-13)23(20,21)18-4-6-22-7-5-18/h8,10-11,15-16H,1-7,9H2,(H,17,19)/t11-/m0/s1. The summed E-state index contributed by atoms with van der Waals surface area (Å²) >= 11 is 0. The highest BCUT2D eigenvalue weighted by atomic mass is 32.2. The Balaban J connectivity index is 1.68. The molecule has 3 N–H and O–H groups in total. The average molecular weight is 342 g/mol. The first-order chi connectivity index (χ1) is 11.1. The van der Waals surface area contributed by atoms with Crippen molar-refractivity contribution in [3.05, 3.63) is 18.0 Å². The number of carbonyl (C=O) groups is 1. The maximum absolute atomic E-state index is 12.5. The van der Waals surface area contributed by atoms with Gasteiger partial charge >= 0.3 is 0 Å². The van der Waals surface area contributed by atoms with Crippen molar-refractivity contribution in [1.29, 1.82) is 0 Å². The fourth-order valence-corrected chi connectivity index (χ4v) is 4.23. The Kier molecular flexibility index (Phi) is 5.00. The second-order valence-corrected chi connectivity index (χ2v) is 7.72. The molecule has 0 radical (unpaired) electrons. The summed E-state index contributed by atoms with van der Waals surface area (Å²) in [4.78, 5) is 15.1. The number of morpholine rings is 1. The summed E-state index contributed by atoms with van der Waals surface area (Å²) in [6, 6.07) is 1.48. The minimum absolute atomic E-state index is 0.0823. The van der Waals surface area contributed by atoms with Crippen LogP contribution in [0.5, 0.6) is 0 Å². The molecular weight excluding hydrogens is 320 g/mol. The SMILES string of the molecule is O=C(N[C@H]1CCCNC1)c1cc(S(=O)(=O)N2CCOCC2)c[nH]1. The number of sulfonamides is 1. The Morgan fingerprint density at radius 1 is 1.35 bits per heavy atom. The lowest BCUT2D eigenvalue weighted by Gasteiger charge is -2.25. The Morgan fingerprint density at radius 2 is 2.13 bits per heavy atom. The zero-order chi connectivity index (χ0) is 16.3. The van der Waals surface area contributed by atoms with Gasteiger partial charge in [-0.25, -0.2) is 8.42 Å². The smallest absolute Gasteiger partial charge is 0.267 e. The Labute approximate surface area is 135 Å². The van der Waals surface area contributed by atoms with Gasteiger partial charge in [-0.3, -0.25) is 4.79 Å². The average Bonchev–Trinajstić information content (AvgIpc) is 3.07. The van der Waals surface area contributed by atoms with E-state index in [9.17, 15) is 13.2 Å². The van der Waals surface area contributed by atoms with Gasteiger partial charge in [0.25, 0.3) is 5.91 Å². The Bertz CT molecular complexity index is 645. The van der Waals surface area contributed by atoms with E-state index in [-0.39, 0.29) is 22.5 Å². The van der Waals surface area contributed by atoms with E-state index in [2.05, 4.69) is 15.6 Å². The van der Waals surface area contributed by atoms with Crippen LogP contribution in [0.1, 0.15) is 23.3 Å². The molecule has 0 bridgehead atoms. The molecule has 128 valence electrons. The maximum atomic E-state index is 12.5. The molecule has 2 saturated heterocycles. The molecule has 3 heterocycles. The summed E-state index contributed by atoms with van der Waals surface area (Å²) in [5, 5.41) is 6.14. The number of rotatable bonds is 4. The molecule has 2 aliphatic heterocycles. The molecule has 8 nitrogen and oxygen atoms in total. The number of hydrogen-bond acceptors (Lipinski definition) is 5. The Morgan fingerprint density at radius 3 is 2.83 bits per heavy atom. The van der Waals surface area contributed by atoms with Crippen LogP contribution in [0.3, 0.4) is 0 Å². The largest absolute Gasteiger partial charge is 0.379 e. The number of nitrogens with zero attached hydrogens (tertiary/aromatic N) is 1. The van der Waals surface area contributed by atoms with E-state index in [1.807, 2.05) is 0 Å². The Hall–Kier alpha value is -1.42. The molecule has 2 aliphatic rings. The number of ether oxygens (including phenoxy) is 1. The van der Waals surface area contributed by atoms with Crippen molar-refractivity contribution in [1.82, 2.24) is 19.9 Å². The second-order valence-electron chi connectivity index (χ2n) is 5.78.